The molecule has 0 amide bonds. The lowest BCUT2D eigenvalue weighted by molar-refractivity contribution is 0.183. The number of hydrogen-bond donors (Lipinski definition) is 3. The summed E-state index contributed by atoms with van der Waals surface area (Å²) in [5.41, 5.74) is 0.438. The smallest absolute Gasteiger partial charge is 0.0195 e. The highest BCUT2D eigenvalue weighted by molar-refractivity contribution is 7.78. The standard InChI is InChI=1S/C8H18N2S/c1-7(10-11)8(2)3-5-9-6-4-8/h7,9-11H,3-6H2,1-2H3. The van der Waals surface area contributed by atoms with Gasteiger partial charge in [0.1, 0.15) is 0 Å². The molecule has 0 radical (unpaired) electrons. The third-order valence-corrected chi connectivity index (χ3v) is 3.37. The predicted octanol–water partition coefficient (Wildman–Crippen LogP) is 1.20. The van der Waals surface area contributed by atoms with Gasteiger partial charge in [-0.05, 0) is 38.3 Å². The average Bonchev–Trinajstić information content (AvgIpc) is 2.04. The second kappa shape index (κ2) is 3.78. The molecule has 1 fully saturated rings. The zero-order valence-corrected chi connectivity index (χ0v) is 8.25. The van der Waals surface area contributed by atoms with Crippen molar-refractivity contribution in [1.82, 2.24) is 10.0 Å². The van der Waals surface area contributed by atoms with Crippen LogP contribution in [0.15, 0.2) is 0 Å². The third kappa shape index (κ3) is 2.10. The predicted molar refractivity (Wildman–Crippen MR) is 51.8 cm³/mol. The maximum atomic E-state index is 4.11. The van der Waals surface area contributed by atoms with E-state index in [2.05, 4.69) is 36.7 Å². The number of thiol groups is 1. The lowest BCUT2D eigenvalue weighted by Crippen LogP contribution is -2.45. The lowest BCUT2D eigenvalue weighted by Gasteiger charge is -2.38. The normalized spacial score (nSPS) is 26.5. The van der Waals surface area contributed by atoms with E-state index in [1.165, 1.54) is 12.8 Å². The van der Waals surface area contributed by atoms with E-state index < -0.39 is 0 Å². The van der Waals surface area contributed by atoms with Crippen molar-refractivity contribution in [3.05, 3.63) is 0 Å². The second-order valence-corrected chi connectivity index (χ2v) is 4.01. The molecule has 1 atom stereocenters. The monoisotopic (exact) mass is 174 g/mol. The summed E-state index contributed by atoms with van der Waals surface area (Å²) in [6.07, 6.45) is 2.50. The summed E-state index contributed by atoms with van der Waals surface area (Å²) < 4.78 is 3.04. The molecule has 66 valence electrons. The molecule has 0 bridgehead atoms. The molecule has 1 aliphatic heterocycles. The van der Waals surface area contributed by atoms with Gasteiger partial charge in [0.05, 0.1) is 0 Å². The van der Waals surface area contributed by atoms with Gasteiger partial charge in [-0.25, -0.2) is 0 Å². The molecular formula is C8H18N2S. The van der Waals surface area contributed by atoms with Gasteiger partial charge < -0.3 is 5.32 Å². The molecule has 0 aromatic heterocycles. The van der Waals surface area contributed by atoms with E-state index in [1.54, 1.807) is 0 Å². The molecule has 2 nitrogen and oxygen atoms in total. The summed E-state index contributed by atoms with van der Waals surface area (Å²) in [6, 6.07) is 0.507. The van der Waals surface area contributed by atoms with E-state index >= 15 is 0 Å². The van der Waals surface area contributed by atoms with Crippen molar-refractivity contribution in [3.63, 3.8) is 0 Å². The summed E-state index contributed by atoms with van der Waals surface area (Å²) in [5, 5.41) is 3.37. The van der Waals surface area contributed by atoms with Gasteiger partial charge in [0.2, 0.25) is 0 Å². The topological polar surface area (TPSA) is 24.1 Å². The van der Waals surface area contributed by atoms with Gasteiger partial charge in [-0.2, -0.15) is 0 Å². The lowest BCUT2D eigenvalue weighted by atomic mass is 9.76. The largest absolute Gasteiger partial charge is 0.317 e. The number of rotatable bonds is 2. The number of nitrogens with one attached hydrogen (secondary N) is 2. The van der Waals surface area contributed by atoms with Crippen LogP contribution in [0.4, 0.5) is 0 Å². The summed E-state index contributed by atoms with van der Waals surface area (Å²) in [6.45, 7) is 6.84. The van der Waals surface area contributed by atoms with Crippen LogP contribution < -0.4 is 10.0 Å². The first-order chi connectivity index (χ1) is 5.19. The first-order valence-corrected chi connectivity index (χ1v) is 4.74. The molecule has 2 N–H and O–H groups in total. The molecule has 1 saturated heterocycles. The van der Waals surface area contributed by atoms with Gasteiger partial charge in [-0.1, -0.05) is 19.7 Å². The van der Waals surface area contributed by atoms with Gasteiger partial charge in [0.25, 0.3) is 0 Å². The zero-order valence-electron chi connectivity index (χ0n) is 7.35. The third-order valence-electron chi connectivity index (χ3n) is 2.98. The van der Waals surface area contributed by atoms with E-state index in [0.29, 0.717) is 11.5 Å². The van der Waals surface area contributed by atoms with Crippen LogP contribution in [0.3, 0.4) is 0 Å². The second-order valence-electron chi connectivity index (χ2n) is 3.75. The fraction of sp³-hybridized carbons (Fsp3) is 1.00. The van der Waals surface area contributed by atoms with Gasteiger partial charge >= 0.3 is 0 Å². The Morgan fingerprint density at radius 2 is 2.00 bits per heavy atom. The quantitative estimate of drug-likeness (QED) is 0.548. The molecule has 0 saturated carbocycles. The Morgan fingerprint density at radius 1 is 1.45 bits per heavy atom. The van der Waals surface area contributed by atoms with Gasteiger partial charge in [-0.3, -0.25) is 4.72 Å². The Balaban J connectivity index is 2.49. The van der Waals surface area contributed by atoms with Crippen LogP contribution in [0.25, 0.3) is 0 Å². The van der Waals surface area contributed by atoms with Crippen LogP contribution in [-0.2, 0) is 0 Å². The fourth-order valence-electron chi connectivity index (χ4n) is 1.59. The molecular weight excluding hydrogens is 156 g/mol. The molecule has 0 aromatic rings. The summed E-state index contributed by atoms with van der Waals surface area (Å²) in [4.78, 5) is 0. The molecule has 1 aliphatic rings. The average molecular weight is 174 g/mol. The van der Waals surface area contributed by atoms with Crippen LogP contribution in [0.1, 0.15) is 26.7 Å². The molecule has 1 unspecified atom stereocenters. The Hall–Kier alpha value is 0.270. The van der Waals surface area contributed by atoms with Crippen molar-refractivity contribution in [3.8, 4) is 0 Å². The number of piperidine rings is 1. The summed E-state index contributed by atoms with van der Waals surface area (Å²) in [7, 11) is 0. The minimum absolute atomic E-state index is 0.438. The van der Waals surface area contributed by atoms with Crippen LogP contribution in [0, 0.1) is 5.41 Å². The summed E-state index contributed by atoms with van der Waals surface area (Å²) >= 11 is 4.11. The van der Waals surface area contributed by atoms with Crippen LogP contribution >= 0.6 is 12.8 Å². The highest BCUT2D eigenvalue weighted by atomic mass is 32.1. The minimum atomic E-state index is 0.438. The highest BCUT2D eigenvalue weighted by Gasteiger charge is 2.31. The maximum Gasteiger partial charge on any atom is 0.0195 e. The molecule has 3 heteroatoms. The first kappa shape index (κ1) is 9.36. The Morgan fingerprint density at radius 3 is 2.45 bits per heavy atom. The van der Waals surface area contributed by atoms with Crippen LogP contribution in [0.5, 0.6) is 0 Å². The van der Waals surface area contributed by atoms with Crippen molar-refractivity contribution >= 4 is 12.8 Å². The number of hydrogen-bond acceptors (Lipinski definition) is 3. The molecule has 0 spiro atoms. The molecule has 1 heterocycles. The van der Waals surface area contributed by atoms with E-state index in [-0.39, 0.29) is 0 Å². The molecule has 11 heavy (non-hydrogen) atoms. The van der Waals surface area contributed by atoms with Crippen LogP contribution in [-0.4, -0.2) is 19.1 Å². The molecule has 1 rings (SSSR count). The van der Waals surface area contributed by atoms with E-state index in [0.717, 1.165) is 13.1 Å². The Kier molecular flexibility index (Phi) is 3.22. The van der Waals surface area contributed by atoms with Crippen molar-refractivity contribution in [2.45, 2.75) is 32.7 Å². The van der Waals surface area contributed by atoms with Crippen molar-refractivity contribution in [2.75, 3.05) is 13.1 Å². The van der Waals surface area contributed by atoms with Crippen LogP contribution in [0.2, 0.25) is 0 Å². The fourth-order valence-corrected chi connectivity index (χ4v) is 1.90. The first-order valence-electron chi connectivity index (χ1n) is 4.29. The minimum Gasteiger partial charge on any atom is -0.317 e. The molecule has 0 aliphatic carbocycles. The Labute approximate surface area is 74.7 Å². The van der Waals surface area contributed by atoms with Crippen molar-refractivity contribution in [2.24, 2.45) is 5.41 Å². The van der Waals surface area contributed by atoms with Gasteiger partial charge in [0, 0.05) is 6.04 Å². The van der Waals surface area contributed by atoms with E-state index in [4.69, 9.17) is 0 Å². The Bertz CT molecular complexity index is 121. The van der Waals surface area contributed by atoms with Gasteiger partial charge in [-0.15, -0.1) is 0 Å². The highest BCUT2D eigenvalue weighted by Crippen LogP contribution is 2.31. The molecule has 0 aromatic carbocycles. The van der Waals surface area contributed by atoms with E-state index in [1.807, 2.05) is 0 Å². The van der Waals surface area contributed by atoms with Crippen molar-refractivity contribution < 1.29 is 0 Å². The summed E-state index contributed by atoms with van der Waals surface area (Å²) in [5.74, 6) is 0. The van der Waals surface area contributed by atoms with Crippen molar-refractivity contribution in [1.29, 1.82) is 0 Å². The van der Waals surface area contributed by atoms with Gasteiger partial charge in [0.15, 0.2) is 0 Å². The maximum absolute atomic E-state index is 4.11. The SMILES string of the molecule is CC(NS)C1(C)CCNCC1. The van der Waals surface area contributed by atoms with E-state index in [9.17, 15) is 0 Å². The zero-order chi connectivity index (χ0) is 8.32.